The van der Waals surface area contributed by atoms with Gasteiger partial charge in [-0.3, -0.25) is 4.79 Å². The molecule has 2 heterocycles. The highest BCUT2D eigenvalue weighted by atomic mass is 16.2. The Morgan fingerprint density at radius 2 is 2.14 bits per heavy atom. The largest absolute Gasteiger partial charge is 0.309 e. The number of rotatable bonds is 0. The van der Waals surface area contributed by atoms with E-state index in [2.05, 4.69) is 9.97 Å². The molecule has 3 rings (SSSR count). The molecule has 14 heavy (non-hydrogen) atoms. The summed E-state index contributed by atoms with van der Waals surface area (Å²) in [4.78, 5) is 21.4. The number of hydrogen-bond donors (Lipinski definition) is 0. The number of benzene rings is 1. The molecule has 1 aliphatic heterocycles. The Morgan fingerprint density at radius 3 is 3.00 bits per heavy atom. The Hall–Kier alpha value is -1.97. The fraction of sp³-hybridized carbons (Fsp3) is 0.100. The molecular formula is C10H7N3O. The van der Waals surface area contributed by atoms with Crippen LogP contribution in [0.3, 0.4) is 0 Å². The lowest BCUT2D eigenvalue weighted by Gasteiger charge is -2.08. The van der Waals surface area contributed by atoms with Crippen molar-refractivity contribution in [1.29, 1.82) is 0 Å². The van der Waals surface area contributed by atoms with E-state index in [4.69, 9.17) is 0 Å². The molecule has 1 amide bonds. The van der Waals surface area contributed by atoms with Gasteiger partial charge in [-0.1, -0.05) is 6.07 Å². The average Bonchev–Trinajstić information content (AvgIpc) is 2.47. The van der Waals surface area contributed by atoms with Gasteiger partial charge in [-0.25, -0.2) is 9.97 Å². The normalized spacial score (nSPS) is 14.1. The van der Waals surface area contributed by atoms with Crippen LogP contribution in [0.5, 0.6) is 0 Å². The van der Waals surface area contributed by atoms with E-state index in [9.17, 15) is 4.79 Å². The molecule has 0 saturated carbocycles. The minimum absolute atomic E-state index is 0.0569. The molecule has 4 nitrogen and oxygen atoms in total. The third-order valence-electron chi connectivity index (χ3n) is 2.51. The fourth-order valence-corrected chi connectivity index (χ4v) is 1.80. The summed E-state index contributed by atoms with van der Waals surface area (Å²) in [5.41, 5.74) is 2.22. The summed E-state index contributed by atoms with van der Waals surface area (Å²) in [6, 6.07) is 5.68. The molecule has 0 radical (unpaired) electrons. The second-order valence-electron chi connectivity index (χ2n) is 3.26. The lowest BCUT2D eigenvalue weighted by molar-refractivity contribution is 0.0994. The van der Waals surface area contributed by atoms with E-state index in [1.54, 1.807) is 11.9 Å². The zero-order valence-electron chi connectivity index (χ0n) is 7.56. The van der Waals surface area contributed by atoms with E-state index >= 15 is 0 Å². The molecule has 0 bridgehead atoms. The molecule has 1 aromatic carbocycles. The monoisotopic (exact) mass is 185 g/mol. The highest BCUT2D eigenvalue weighted by molar-refractivity contribution is 6.22. The topological polar surface area (TPSA) is 46.1 Å². The number of aromatic nitrogens is 2. The van der Waals surface area contributed by atoms with Crippen LogP contribution in [-0.2, 0) is 0 Å². The van der Waals surface area contributed by atoms with Crippen molar-refractivity contribution in [3.63, 3.8) is 0 Å². The zero-order valence-corrected chi connectivity index (χ0v) is 7.56. The van der Waals surface area contributed by atoms with Gasteiger partial charge in [0.1, 0.15) is 12.0 Å². The van der Waals surface area contributed by atoms with Crippen molar-refractivity contribution in [2.24, 2.45) is 0 Å². The Bertz CT molecular complexity index is 545. The van der Waals surface area contributed by atoms with Gasteiger partial charge >= 0.3 is 0 Å². The number of anilines is 1. The number of nitrogens with zero attached hydrogens (tertiary/aromatic N) is 3. The van der Waals surface area contributed by atoms with E-state index in [1.165, 1.54) is 6.33 Å². The fourth-order valence-electron chi connectivity index (χ4n) is 1.80. The summed E-state index contributed by atoms with van der Waals surface area (Å²) in [5.74, 6) is -0.0569. The predicted molar refractivity (Wildman–Crippen MR) is 52.3 cm³/mol. The summed E-state index contributed by atoms with van der Waals surface area (Å²) in [5, 5.41) is 0.863. The van der Waals surface area contributed by atoms with Crippen LogP contribution in [-0.4, -0.2) is 22.9 Å². The van der Waals surface area contributed by atoms with E-state index < -0.39 is 0 Å². The maximum absolute atomic E-state index is 11.7. The van der Waals surface area contributed by atoms with Crippen molar-refractivity contribution in [3.8, 4) is 0 Å². The van der Waals surface area contributed by atoms with Gasteiger partial charge in [0.05, 0.1) is 16.6 Å². The van der Waals surface area contributed by atoms with Crippen LogP contribution in [0.2, 0.25) is 0 Å². The van der Waals surface area contributed by atoms with E-state index in [0.717, 1.165) is 16.6 Å². The Morgan fingerprint density at radius 1 is 1.29 bits per heavy atom. The average molecular weight is 185 g/mol. The van der Waals surface area contributed by atoms with Crippen molar-refractivity contribution >= 4 is 22.5 Å². The van der Waals surface area contributed by atoms with Crippen LogP contribution >= 0.6 is 0 Å². The van der Waals surface area contributed by atoms with Gasteiger partial charge < -0.3 is 4.90 Å². The number of carbonyl (C=O) groups is 1. The summed E-state index contributed by atoms with van der Waals surface area (Å²) in [6.45, 7) is 0. The highest BCUT2D eigenvalue weighted by Gasteiger charge is 2.28. The standard InChI is InChI=1S/C10H7N3O/c1-13-7-4-2-3-6-8(7)9(10(13)14)12-5-11-6/h2-5H,1H3. The molecule has 1 aromatic heterocycles. The van der Waals surface area contributed by atoms with E-state index in [1.807, 2.05) is 18.2 Å². The first kappa shape index (κ1) is 7.44. The molecule has 2 aromatic rings. The minimum Gasteiger partial charge on any atom is -0.309 e. The van der Waals surface area contributed by atoms with Crippen LogP contribution in [0.15, 0.2) is 24.5 Å². The molecule has 0 aliphatic carbocycles. The first-order valence-electron chi connectivity index (χ1n) is 4.31. The van der Waals surface area contributed by atoms with Crippen molar-refractivity contribution in [2.45, 2.75) is 0 Å². The first-order valence-corrected chi connectivity index (χ1v) is 4.31. The van der Waals surface area contributed by atoms with Crippen LogP contribution in [0.4, 0.5) is 5.69 Å². The Kier molecular flexibility index (Phi) is 1.21. The Balaban J connectivity index is 2.55. The van der Waals surface area contributed by atoms with Crippen molar-refractivity contribution in [3.05, 3.63) is 30.2 Å². The van der Waals surface area contributed by atoms with E-state index in [0.29, 0.717) is 5.69 Å². The lowest BCUT2D eigenvalue weighted by atomic mass is 10.2. The summed E-state index contributed by atoms with van der Waals surface area (Å²) in [6.07, 6.45) is 1.43. The van der Waals surface area contributed by atoms with Gasteiger partial charge in [-0.05, 0) is 12.1 Å². The van der Waals surface area contributed by atoms with Crippen LogP contribution in [0.1, 0.15) is 10.5 Å². The molecule has 0 spiro atoms. The third kappa shape index (κ3) is 0.706. The minimum atomic E-state index is -0.0569. The van der Waals surface area contributed by atoms with Crippen molar-refractivity contribution < 1.29 is 4.79 Å². The van der Waals surface area contributed by atoms with Gasteiger partial charge in [0.25, 0.3) is 5.91 Å². The molecule has 68 valence electrons. The zero-order chi connectivity index (χ0) is 9.71. The predicted octanol–water partition coefficient (Wildman–Crippen LogP) is 1.22. The third-order valence-corrected chi connectivity index (χ3v) is 2.51. The molecule has 4 heteroatoms. The lowest BCUT2D eigenvalue weighted by Crippen LogP contribution is -2.21. The van der Waals surface area contributed by atoms with Crippen LogP contribution in [0.25, 0.3) is 10.9 Å². The molecule has 1 aliphatic rings. The molecule has 0 saturated heterocycles. The first-order chi connectivity index (χ1) is 6.79. The number of carbonyl (C=O) groups excluding carboxylic acids is 1. The van der Waals surface area contributed by atoms with Gasteiger partial charge in [-0.2, -0.15) is 0 Å². The smallest absolute Gasteiger partial charge is 0.277 e. The van der Waals surface area contributed by atoms with E-state index in [-0.39, 0.29) is 5.91 Å². The summed E-state index contributed by atoms with van der Waals surface area (Å²) in [7, 11) is 1.75. The van der Waals surface area contributed by atoms with Gasteiger partial charge in [-0.15, -0.1) is 0 Å². The van der Waals surface area contributed by atoms with Gasteiger partial charge in [0.2, 0.25) is 0 Å². The van der Waals surface area contributed by atoms with Crippen LogP contribution < -0.4 is 4.90 Å². The van der Waals surface area contributed by atoms with Gasteiger partial charge in [0.15, 0.2) is 0 Å². The second-order valence-corrected chi connectivity index (χ2v) is 3.26. The van der Waals surface area contributed by atoms with Gasteiger partial charge in [0, 0.05) is 7.05 Å². The maximum atomic E-state index is 11.7. The molecular weight excluding hydrogens is 178 g/mol. The number of amides is 1. The summed E-state index contributed by atoms with van der Waals surface area (Å²) < 4.78 is 0. The highest BCUT2D eigenvalue weighted by Crippen LogP contribution is 2.33. The van der Waals surface area contributed by atoms with Crippen molar-refractivity contribution in [2.75, 3.05) is 11.9 Å². The summed E-state index contributed by atoms with van der Waals surface area (Å²) >= 11 is 0. The quantitative estimate of drug-likeness (QED) is 0.620. The SMILES string of the molecule is CN1C(=O)c2ncnc3cccc1c23. The van der Waals surface area contributed by atoms with Crippen LogP contribution in [0, 0.1) is 0 Å². The molecule has 0 N–H and O–H groups in total. The molecule has 0 fully saturated rings. The maximum Gasteiger partial charge on any atom is 0.277 e. The molecule has 0 unspecified atom stereocenters. The molecule has 0 atom stereocenters. The van der Waals surface area contributed by atoms with Crippen molar-refractivity contribution in [1.82, 2.24) is 9.97 Å². The Labute approximate surface area is 80.2 Å². The second kappa shape index (κ2) is 2.29. The number of hydrogen-bond acceptors (Lipinski definition) is 3.